The molecule has 3 nitrogen and oxygen atoms in total. The van der Waals surface area contributed by atoms with E-state index in [1.54, 1.807) is 12.1 Å². The number of nitrogens with one attached hydrogen (secondary N) is 2. The zero-order chi connectivity index (χ0) is 16.4. The van der Waals surface area contributed by atoms with E-state index in [4.69, 9.17) is 23.8 Å². The average molecular weight is 343 g/mol. The lowest BCUT2D eigenvalue weighted by molar-refractivity contribution is 0.481. The standard InChI is InChI=1S/C18H15ClN2OS/c1-11-14(19)7-4-8-15(11)20-18(23)21-16-9-2-6-13-12(16)5-3-10-17(13)22/h2-10,22H,1H3,(H2,20,21,23). The van der Waals surface area contributed by atoms with Crippen molar-refractivity contribution in [2.45, 2.75) is 6.92 Å². The maximum absolute atomic E-state index is 9.94. The number of rotatable bonds is 2. The van der Waals surface area contributed by atoms with E-state index in [9.17, 15) is 5.11 Å². The Labute approximate surface area is 144 Å². The fourth-order valence-corrected chi connectivity index (χ4v) is 2.82. The van der Waals surface area contributed by atoms with Crippen molar-refractivity contribution >= 4 is 51.1 Å². The molecule has 0 spiro atoms. The first-order valence-electron chi connectivity index (χ1n) is 7.10. The average Bonchev–Trinajstić information content (AvgIpc) is 2.53. The summed E-state index contributed by atoms with van der Waals surface area (Å²) in [5.74, 6) is 0.246. The molecular weight excluding hydrogens is 328 g/mol. The van der Waals surface area contributed by atoms with Gasteiger partial charge in [-0.2, -0.15) is 0 Å². The minimum atomic E-state index is 0.246. The Morgan fingerprint density at radius 1 is 0.913 bits per heavy atom. The van der Waals surface area contributed by atoms with E-state index < -0.39 is 0 Å². The van der Waals surface area contributed by atoms with Crippen LogP contribution in [0.1, 0.15) is 5.56 Å². The molecule has 0 aliphatic carbocycles. The molecule has 0 fully saturated rings. The zero-order valence-electron chi connectivity index (χ0n) is 12.4. The Morgan fingerprint density at radius 2 is 1.52 bits per heavy atom. The van der Waals surface area contributed by atoms with E-state index in [2.05, 4.69) is 10.6 Å². The molecule has 0 amide bonds. The second-order valence-electron chi connectivity index (χ2n) is 5.17. The maximum atomic E-state index is 9.94. The summed E-state index contributed by atoms with van der Waals surface area (Å²) in [5, 5.41) is 19.1. The van der Waals surface area contributed by atoms with Crippen molar-refractivity contribution in [3.05, 3.63) is 65.2 Å². The fraction of sp³-hybridized carbons (Fsp3) is 0.0556. The zero-order valence-corrected chi connectivity index (χ0v) is 14.0. The Morgan fingerprint density at radius 3 is 2.35 bits per heavy atom. The molecule has 23 heavy (non-hydrogen) atoms. The number of benzene rings is 3. The highest BCUT2D eigenvalue weighted by Gasteiger charge is 2.07. The van der Waals surface area contributed by atoms with E-state index >= 15 is 0 Å². The third kappa shape index (κ3) is 3.23. The quantitative estimate of drug-likeness (QED) is 0.552. The van der Waals surface area contributed by atoms with Crippen molar-refractivity contribution in [1.82, 2.24) is 0 Å². The maximum Gasteiger partial charge on any atom is 0.175 e. The number of fused-ring (bicyclic) bond motifs is 1. The Balaban J connectivity index is 1.86. The molecule has 0 atom stereocenters. The van der Waals surface area contributed by atoms with Crippen molar-refractivity contribution in [3.8, 4) is 5.75 Å². The van der Waals surface area contributed by atoms with Gasteiger partial charge in [0.1, 0.15) is 5.75 Å². The molecule has 3 aromatic rings. The Bertz CT molecular complexity index is 895. The lowest BCUT2D eigenvalue weighted by atomic mass is 10.1. The van der Waals surface area contributed by atoms with Crippen LogP contribution in [0.15, 0.2) is 54.6 Å². The van der Waals surface area contributed by atoms with Crippen LogP contribution >= 0.6 is 23.8 Å². The van der Waals surface area contributed by atoms with Crippen LogP contribution in [0.4, 0.5) is 11.4 Å². The van der Waals surface area contributed by atoms with Gasteiger partial charge >= 0.3 is 0 Å². The molecule has 3 N–H and O–H groups in total. The van der Waals surface area contributed by atoms with Gasteiger partial charge in [0, 0.05) is 27.2 Å². The summed E-state index contributed by atoms with van der Waals surface area (Å²) in [7, 11) is 0. The van der Waals surface area contributed by atoms with E-state index in [1.807, 2.05) is 49.4 Å². The number of hydrogen-bond donors (Lipinski definition) is 3. The molecule has 3 rings (SSSR count). The second-order valence-corrected chi connectivity index (χ2v) is 5.98. The fourth-order valence-electron chi connectivity index (χ4n) is 2.42. The Kier molecular flexibility index (Phi) is 4.37. The topological polar surface area (TPSA) is 44.3 Å². The van der Waals surface area contributed by atoms with Gasteiger partial charge < -0.3 is 15.7 Å². The number of aromatic hydroxyl groups is 1. The number of hydrogen-bond acceptors (Lipinski definition) is 2. The molecular formula is C18H15ClN2OS. The first-order valence-corrected chi connectivity index (χ1v) is 7.88. The summed E-state index contributed by atoms with van der Waals surface area (Å²) in [6.07, 6.45) is 0. The third-order valence-corrected chi connectivity index (χ3v) is 4.28. The number of phenols is 1. The van der Waals surface area contributed by atoms with E-state index in [0.29, 0.717) is 10.1 Å². The predicted octanol–water partition coefficient (Wildman–Crippen LogP) is 5.32. The van der Waals surface area contributed by atoms with Crippen molar-refractivity contribution in [3.63, 3.8) is 0 Å². The van der Waals surface area contributed by atoms with Gasteiger partial charge in [-0.3, -0.25) is 0 Å². The predicted molar refractivity (Wildman–Crippen MR) is 102 cm³/mol. The monoisotopic (exact) mass is 342 g/mol. The van der Waals surface area contributed by atoms with E-state index in [1.165, 1.54) is 0 Å². The Hall–Kier alpha value is -2.30. The van der Waals surface area contributed by atoms with Crippen LogP contribution in [0.25, 0.3) is 10.8 Å². The molecule has 0 unspecified atom stereocenters. The summed E-state index contributed by atoms with van der Waals surface area (Å²) in [6, 6.07) is 16.7. The van der Waals surface area contributed by atoms with Crippen LogP contribution in [0.2, 0.25) is 5.02 Å². The minimum Gasteiger partial charge on any atom is -0.507 e. The summed E-state index contributed by atoms with van der Waals surface area (Å²) >= 11 is 11.5. The SMILES string of the molecule is Cc1c(Cl)cccc1NC(=S)Nc1cccc2c(O)cccc12. The summed E-state index contributed by atoms with van der Waals surface area (Å²) < 4.78 is 0. The van der Waals surface area contributed by atoms with Crippen LogP contribution < -0.4 is 10.6 Å². The summed E-state index contributed by atoms with van der Waals surface area (Å²) in [4.78, 5) is 0. The molecule has 0 saturated heterocycles. The van der Waals surface area contributed by atoms with Crippen LogP contribution in [0.3, 0.4) is 0 Å². The van der Waals surface area contributed by atoms with Crippen LogP contribution in [0.5, 0.6) is 5.75 Å². The highest BCUT2D eigenvalue weighted by molar-refractivity contribution is 7.80. The molecule has 0 radical (unpaired) electrons. The number of thiocarbonyl (C=S) groups is 1. The summed E-state index contributed by atoms with van der Waals surface area (Å²) in [6.45, 7) is 1.93. The van der Waals surface area contributed by atoms with Gasteiger partial charge in [-0.1, -0.05) is 41.9 Å². The smallest absolute Gasteiger partial charge is 0.175 e. The van der Waals surface area contributed by atoms with E-state index in [0.717, 1.165) is 27.7 Å². The van der Waals surface area contributed by atoms with Gasteiger partial charge in [0.15, 0.2) is 5.11 Å². The molecule has 3 aromatic carbocycles. The number of anilines is 2. The highest BCUT2D eigenvalue weighted by Crippen LogP contribution is 2.30. The summed E-state index contributed by atoms with van der Waals surface area (Å²) in [5.41, 5.74) is 2.63. The molecule has 116 valence electrons. The van der Waals surface area contributed by atoms with Crippen molar-refractivity contribution in [2.24, 2.45) is 0 Å². The molecule has 0 aliphatic heterocycles. The van der Waals surface area contributed by atoms with Crippen molar-refractivity contribution in [2.75, 3.05) is 10.6 Å². The minimum absolute atomic E-state index is 0.246. The number of phenolic OH excluding ortho intramolecular Hbond substituents is 1. The van der Waals surface area contributed by atoms with Crippen LogP contribution in [0, 0.1) is 6.92 Å². The lowest BCUT2D eigenvalue weighted by Gasteiger charge is -2.15. The molecule has 0 bridgehead atoms. The van der Waals surface area contributed by atoms with Crippen molar-refractivity contribution < 1.29 is 5.11 Å². The first-order chi connectivity index (χ1) is 11.1. The molecule has 5 heteroatoms. The highest BCUT2D eigenvalue weighted by atomic mass is 35.5. The molecule has 0 aliphatic rings. The van der Waals surface area contributed by atoms with Gasteiger partial charge in [0.25, 0.3) is 0 Å². The van der Waals surface area contributed by atoms with Crippen LogP contribution in [-0.2, 0) is 0 Å². The van der Waals surface area contributed by atoms with E-state index in [-0.39, 0.29) is 5.75 Å². The van der Waals surface area contributed by atoms with Gasteiger partial charge in [-0.05, 0) is 49.0 Å². The first kappa shape index (κ1) is 15.6. The van der Waals surface area contributed by atoms with Gasteiger partial charge in [0.05, 0.1) is 0 Å². The largest absolute Gasteiger partial charge is 0.507 e. The van der Waals surface area contributed by atoms with Crippen LogP contribution in [-0.4, -0.2) is 10.2 Å². The van der Waals surface area contributed by atoms with Gasteiger partial charge in [0.2, 0.25) is 0 Å². The van der Waals surface area contributed by atoms with Crippen molar-refractivity contribution in [1.29, 1.82) is 0 Å². The van der Waals surface area contributed by atoms with Gasteiger partial charge in [-0.15, -0.1) is 0 Å². The molecule has 0 heterocycles. The van der Waals surface area contributed by atoms with Gasteiger partial charge in [-0.25, -0.2) is 0 Å². The molecule has 0 aromatic heterocycles. The second kappa shape index (κ2) is 6.44. The lowest BCUT2D eigenvalue weighted by Crippen LogP contribution is -2.19. The third-order valence-electron chi connectivity index (χ3n) is 3.66. The normalized spacial score (nSPS) is 10.5. The number of halogens is 1. The molecule has 0 saturated carbocycles.